The molecular weight excluding hydrogens is 305 g/mol. The van der Waals surface area contributed by atoms with Gasteiger partial charge in [-0.25, -0.2) is 9.67 Å². The lowest BCUT2D eigenvalue weighted by Crippen LogP contribution is -2.12. The second-order valence-electron chi connectivity index (χ2n) is 4.79. The third-order valence-electron chi connectivity index (χ3n) is 2.81. The lowest BCUT2D eigenvalue weighted by Gasteiger charge is -2.13. The highest BCUT2D eigenvalue weighted by Crippen LogP contribution is 2.33. The summed E-state index contributed by atoms with van der Waals surface area (Å²) >= 11 is 5.73. The number of alkyl halides is 3. The van der Waals surface area contributed by atoms with Crippen molar-refractivity contribution in [3.05, 3.63) is 40.9 Å². The Morgan fingerprint density at radius 1 is 1.29 bits per heavy atom. The molecule has 4 nitrogen and oxygen atoms in total. The first kappa shape index (κ1) is 15.6. The van der Waals surface area contributed by atoms with E-state index >= 15 is 0 Å². The van der Waals surface area contributed by atoms with E-state index in [0.717, 1.165) is 12.1 Å². The molecule has 0 aliphatic carbocycles. The fraction of sp³-hybridized carbons (Fsp3) is 0.385. The Labute approximate surface area is 124 Å². The molecule has 0 aliphatic rings. The summed E-state index contributed by atoms with van der Waals surface area (Å²) in [5, 5.41) is 6.98. The maximum absolute atomic E-state index is 12.7. The molecule has 0 aliphatic heterocycles. The fourth-order valence-electron chi connectivity index (χ4n) is 1.87. The van der Waals surface area contributed by atoms with E-state index in [1.165, 1.54) is 12.4 Å². The van der Waals surface area contributed by atoms with Crippen molar-refractivity contribution in [2.24, 2.45) is 0 Å². The first-order valence-corrected chi connectivity index (χ1v) is 6.65. The van der Waals surface area contributed by atoms with Crippen molar-refractivity contribution in [2.45, 2.75) is 32.6 Å². The fourth-order valence-corrected chi connectivity index (χ4v) is 2.10. The van der Waals surface area contributed by atoms with Crippen LogP contribution in [0, 0.1) is 0 Å². The zero-order chi connectivity index (χ0) is 15.6. The van der Waals surface area contributed by atoms with Crippen LogP contribution in [-0.2, 0) is 12.7 Å². The summed E-state index contributed by atoms with van der Waals surface area (Å²) in [6, 6.07) is 3.47. The molecule has 114 valence electrons. The molecule has 0 saturated carbocycles. The highest BCUT2D eigenvalue weighted by molar-refractivity contribution is 6.30. The number of rotatable bonds is 4. The van der Waals surface area contributed by atoms with Crippen molar-refractivity contribution < 1.29 is 13.2 Å². The highest BCUT2D eigenvalue weighted by atomic mass is 35.5. The van der Waals surface area contributed by atoms with Crippen molar-refractivity contribution in [1.29, 1.82) is 0 Å². The number of nitrogens with zero attached hydrogens (tertiary/aromatic N) is 3. The van der Waals surface area contributed by atoms with Gasteiger partial charge in [0.15, 0.2) is 0 Å². The first-order chi connectivity index (χ1) is 9.77. The van der Waals surface area contributed by atoms with Crippen LogP contribution in [0.25, 0.3) is 0 Å². The van der Waals surface area contributed by atoms with Crippen molar-refractivity contribution >= 4 is 17.3 Å². The van der Waals surface area contributed by atoms with Gasteiger partial charge in [0.05, 0.1) is 12.1 Å². The quantitative estimate of drug-likeness (QED) is 0.921. The minimum atomic E-state index is -4.43. The second-order valence-corrected chi connectivity index (χ2v) is 5.23. The molecular formula is C13H14ClF3N4. The van der Waals surface area contributed by atoms with Crippen LogP contribution in [0.5, 0.6) is 0 Å². The third kappa shape index (κ3) is 3.87. The Bertz CT molecular complexity index is 622. The van der Waals surface area contributed by atoms with E-state index in [0.29, 0.717) is 5.82 Å². The lowest BCUT2D eigenvalue weighted by atomic mass is 10.2. The number of hydrogen-bond donors (Lipinski definition) is 1. The van der Waals surface area contributed by atoms with Crippen molar-refractivity contribution in [3.63, 3.8) is 0 Å². The van der Waals surface area contributed by atoms with E-state index in [4.69, 9.17) is 11.6 Å². The molecule has 0 spiro atoms. The summed E-state index contributed by atoms with van der Waals surface area (Å²) in [5.41, 5.74) is -0.504. The van der Waals surface area contributed by atoms with Gasteiger partial charge in [0.25, 0.3) is 0 Å². The van der Waals surface area contributed by atoms with E-state index in [1.807, 2.05) is 13.8 Å². The maximum Gasteiger partial charge on any atom is 0.416 e. The Morgan fingerprint density at radius 2 is 2.00 bits per heavy atom. The minimum absolute atomic E-state index is 0.0256. The summed E-state index contributed by atoms with van der Waals surface area (Å²) in [7, 11) is 0. The molecule has 0 unspecified atom stereocenters. The molecule has 1 heterocycles. The van der Waals surface area contributed by atoms with Crippen LogP contribution in [0.1, 0.15) is 31.3 Å². The molecule has 0 radical (unpaired) electrons. The van der Waals surface area contributed by atoms with E-state index in [1.54, 1.807) is 4.68 Å². The van der Waals surface area contributed by atoms with E-state index in [-0.39, 0.29) is 23.3 Å². The van der Waals surface area contributed by atoms with Gasteiger partial charge in [0.1, 0.15) is 12.2 Å². The number of halogens is 4. The van der Waals surface area contributed by atoms with Crippen LogP contribution in [0.3, 0.4) is 0 Å². The SMILES string of the molecule is CC(C)n1ncnc1CNc1cc(Cl)cc(C(F)(F)F)c1. The molecule has 0 fully saturated rings. The summed E-state index contributed by atoms with van der Waals surface area (Å²) in [4.78, 5) is 4.08. The predicted octanol–water partition coefficient (Wildman–Crippen LogP) is 4.14. The first-order valence-electron chi connectivity index (χ1n) is 6.27. The normalized spacial score (nSPS) is 12.0. The Hall–Kier alpha value is -1.76. The van der Waals surface area contributed by atoms with Gasteiger partial charge >= 0.3 is 6.18 Å². The maximum atomic E-state index is 12.7. The number of hydrogen-bond acceptors (Lipinski definition) is 3. The average molecular weight is 319 g/mol. The monoisotopic (exact) mass is 318 g/mol. The summed E-state index contributed by atoms with van der Waals surface area (Å²) in [6.07, 6.45) is -3.02. The predicted molar refractivity (Wildman–Crippen MR) is 74.2 cm³/mol. The number of nitrogens with one attached hydrogen (secondary N) is 1. The molecule has 0 atom stereocenters. The topological polar surface area (TPSA) is 42.7 Å². The van der Waals surface area contributed by atoms with Gasteiger partial charge in [-0.1, -0.05) is 11.6 Å². The van der Waals surface area contributed by atoms with Crippen LogP contribution in [-0.4, -0.2) is 14.8 Å². The molecule has 1 aromatic heterocycles. The zero-order valence-corrected chi connectivity index (χ0v) is 12.2. The molecule has 0 bridgehead atoms. The standard InChI is InChI=1S/C13H14ClF3N4/c1-8(2)21-12(19-7-20-21)6-18-11-4-9(13(15,16)17)3-10(14)5-11/h3-5,7-8,18H,6H2,1-2H3. The smallest absolute Gasteiger partial charge is 0.378 e. The van der Waals surface area contributed by atoms with Gasteiger partial charge in [-0.3, -0.25) is 0 Å². The summed E-state index contributed by atoms with van der Waals surface area (Å²) in [6.45, 7) is 4.15. The number of benzene rings is 1. The zero-order valence-electron chi connectivity index (χ0n) is 11.4. The Balaban J connectivity index is 2.17. The van der Waals surface area contributed by atoms with Gasteiger partial charge in [-0.2, -0.15) is 18.3 Å². The van der Waals surface area contributed by atoms with Crippen molar-refractivity contribution in [1.82, 2.24) is 14.8 Å². The molecule has 1 N–H and O–H groups in total. The van der Waals surface area contributed by atoms with Crippen LogP contribution in [0.4, 0.5) is 18.9 Å². The molecule has 8 heteroatoms. The van der Waals surface area contributed by atoms with E-state index in [2.05, 4.69) is 15.4 Å². The van der Waals surface area contributed by atoms with Gasteiger partial charge < -0.3 is 5.32 Å². The van der Waals surface area contributed by atoms with Gasteiger partial charge in [-0.05, 0) is 32.0 Å². The van der Waals surface area contributed by atoms with E-state index < -0.39 is 11.7 Å². The second kappa shape index (κ2) is 5.93. The average Bonchev–Trinajstić information content (AvgIpc) is 2.83. The van der Waals surface area contributed by atoms with Gasteiger partial charge in [-0.15, -0.1) is 0 Å². The highest BCUT2D eigenvalue weighted by Gasteiger charge is 2.31. The Morgan fingerprint density at radius 3 is 2.62 bits per heavy atom. The number of aromatic nitrogens is 3. The van der Waals surface area contributed by atoms with Crippen molar-refractivity contribution in [2.75, 3.05) is 5.32 Å². The van der Waals surface area contributed by atoms with Gasteiger partial charge in [0.2, 0.25) is 0 Å². The lowest BCUT2D eigenvalue weighted by molar-refractivity contribution is -0.137. The largest absolute Gasteiger partial charge is 0.416 e. The minimum Gasteiger partial charge on any atom is -0.378 e. The molecule has 2 aromatic rings. The van der Waals surface area contributed by atoms with Crippen LogP contribution < -0.4 is 5.32 Å². The third-order valence-corrected chi connectivity index (χ3v) is 3.03. The van der Waals surface area contributed by atoms with Crippen molar-refractivity contribution in [3.8, 4) is 0 Å². The van der Waals surface area contributed by atoms with Crippen LogP contribution >= 0.6 is 11.6 Å². The molecule has 0 saturated heterocycles. The molecule has 0 amide bonds. The van der Waals surface area contributed by atoms with Crippen LogP contribution in [0.15, 0.2) is 24.5 Å². The summed E-state index contributed by atoms with van der Waals surface area (Å²) < 4.78 is 39.9. The summed E-state index contributed by atoms with van der Waals surface area (Å²) in [5.74, 6) is 0.638. The van der Waals surface area contributed by atoms with Crippen LogP contribution in [0.2, 0.25) is 5.02 Å². The number of anilines is 1. The molecule has 2 rings (SSSR count). The van der Waals surface area contributed by atoms with Gasteiger partial charge in [0, 0.05) is 16.8 Å². The molecule has 21 heavy (non-hydrogen) atoms. The Kier molecular flexibility index (Phi) is 4.41. The molecule has 1 aromatic carbocycles. The van der Waals surface area contributed by atoms with E-state index in [9.17, 15) is 13.2 Å².